The Hall–Kier alpha value is -2.63. The van der Waals surface area contributed by atoms with Crippen molar-refractivity contribution in [2.45, 2.75) is 31.3 Å². The molecule has 3 heterocycles. The highest BCUT2D eigenvalue weighted by Crippen LogP contribution is 2.43. The van der Waals surface area contributed by atoms with E-state index < -0.39 is 0 Å². The highest BCUT2D eigenvalue weighted by Gasteiger charge is 2.43. The van der Waals surface area contributed by atoms with E-state index in [-0.39, 0.29) is 18.1 Å². The molecular formula is C22H18Cl2N4O. The Labute approximate surface area is 178 Å². The van der Waals surface area contributed by atoms with Crippen LogP contribution >= 0.6 is 23.2 Å². The molecule has 2 bridgehead atoms. The first-order valence-corrected chi connectivity index (χ1v) is 10.3. The van der Waals surface area contributed by atoms with Gasteiger partial charge in [-0.15, -0.1) is 0 Å². The number of nitrogens with zero attached hydrogens (tertiary/aromatic N) is 3. The molecule has 0 radical (unpaired) electrons. The summed E-state index contributed by atoms with van der Waals surface area (Å²) in [5, 5.41) is 3.83. The van der Waals surface area contributed by atoms with Crippen molar-refractivity contribution < 1.29 is 4.79 Å². The Bertz CT molecular complexity index is 1090. The van der Waals surface area contributed by atoms with Crippen LogP contribution < -0.4 is 5.32 Å². The van der Waals surface area contributed by atoms with Gasteiger partial charge in [0, 0.05) is 35.5 Å². The number of benzene rings is 2. The number of hydrogen-bond acceptors (Lipinski definition) is 3. The van der Waals surface area contributed by atoms with Crippen LogP contribution in [0.1, 0.15) is 30.1 Å². The lowest BCUT2D eigenvalue weighted by atomic mass is 9.99. The molecule has 1 N–H and O–H groups in total. The number of hydrogen-bond donors (Lipinski definition) is 1. The van der Waals surface area contributed by atoms with E-state index in [0.717, 1.165) is 41.9 Å². The average molecular weight is 425 g/mol. The van der Waals surface area contributed by atoms with Gasteiger partial charge in [-0.2, -0.15) is 0 Å². The Morgan fingerprint density at radius 3 is 2.69 bits per heavy atom. The maximum absolute atomic E-state index is 13.0. The maximum atomic E-state index is 13.0. The third-order valence-electron chi connectivity index (χ3n) is 5.63. The average Bonchev–Trinajstić information content (AvgIpc) is 3.06. The maximum Gasteiger partial charge on any atom is 0.322 e. The minimum atomic E-state index is -0.131. The molecule has 0 saturated carbocycles. The molecule has 1 fully saturated rings. The molecule has 2 aliphatic rings. The molecule has 5 nitrogen and oxygen atoms in total. The molecule has 2 amide bonds. The SMILES string of the molecule is O=C(Nc1ccc(Cl)c(Cl)c1)N1C2CCC1c1cnc(-c3ccccc3)nc1C2. The van der Waals surface area contributed by atoms with Gasteiger partial charge in [0.1, 0.15) is 0 Å². The predicted octanol–water partition coefficient (Wildman–Crippen LogP) is 5.74. The van der Waals surface area contributed by atoms with E-state index in [2.05, 4.69) is 10.3 Å². The van der Waals surface area contributed by atoms with Crippen molar-refractivity contribution in [3.63, 3.8) is 0 Å². The minimum absolute atomic E-state index is 0.00338. The van der Waals surface area contributed by atoms with Crippen LogP contribution in [-0.4, -0.2) is 26.9 Å². The number of aromatic nitrogens is 2. The van der Waals surface area contributed by atoms with Gasteiger partial charge in [-0.25, -0.2) is 14.8 Å². The van der Waals surface area contributed by atoms with Crippen LogP contribution in [0.25, 0.3) is 11.4 Å². The Balaban J connectivity index is 1.41. The van der Waals surface area contributed by atoms with Crippen molar-refractivity contribution in [3.8, 4) is 11.4 Å². The molecule has 7 heteroatoms. The summed E-state index contributed by atoms with van der Waals surface area (Å²) in [6.07, 6.45) is 4.50. The topological polar surface area (TPSA) is 58.1 Å². The molecule has 0 spiro atoms. The summed E-state index contributed by atoms with van der Waals surface area (Å²) in [5.41, 5.74) is 3.72. The van der Waals surface area contributed by atoms with E-state index in [1.54, 1.807) is 18.2 Å². The van der Waals surface area contributed by atoms with Crippen LogP contribution in [0.2, 0.25) is 10.0 Å². The summed E-state index contributed by atoms with van der Waals surface area (Å²) >= 11 is 12.0. The van der Waals surface area contributed by atoms with Gasteiger partial charge in [0.15, 0.2) is 5.82 Å². The molecule has 2 aliphatic heterocycles. The Morgan fingerprint density at radius 2 is 1.90 bits per heavy atom. The van der Waals surface area contributed by atoms with Crippen molar-refractivity contribution in [3.05, 3.63) is 76.0 Å². The lowest BCUT2D eigenvalue weighted by Crippen LogP contribution is -2.44. The van der Waals surface area contributed by atoms with Gasteiger partial charge in [-0.05, 0) is 31.0 Å². The van der Waals surface area contributed by atoms with Gasteiger partial charge >= 0.3 is 6.03 Å². The zero-order chi connectivity index (χ0) is 20.0. The van der Waals surface area contributed by atoms with Crippen LogP contribution in [0.4, 0.5) is 10.5 Å². The Morgan fingerprint density at radius 1 is 1.07 bits per heavy atom. The quantitative estimate of drug-likeness (QED) is 0.569. The van der Waals surface area contributed by atoms with Crippen LogP contribution in [0.5, 0.6) is 0 Å². The molecule has 2 unspecified atom stereocenters. The standard InChI is InChI=1S/C22H18Cl2N4O/c23-17-8-6-14(10-18(17)24)26-22(29)28-15-7-9-20(28)16-12-25-21(27-19(16)11-15)13-4-2-1-3-5-13/h1-6,8,10,12,15,20H,7,9,11H2,(H,26,29). The van der Waals surface area contributed by atoms with Crippen LogP contribution in [-0.2, 0) is 6.42 Å². The largest absolute Gasteiger partial charge is 0.322 e. The van der Waals surface area contributed by atoms with Gasteiger partial charge in [0.25, 0.3) is 0 Å². The molecule has 0 aliphatic carbocycles. The van der Waals surface area contributed by atoms with Gasteiger partial charge < -0.3 is 10.2 Å². The number of fused-ring (bicyclic) bond motifs is 4. The van der Waals surface area contributed by atoms with Gasteiger partial charge in [0.05, 0.1) is 21.8 Å². The smallest absolute Gasteiger partial charge is 0.314 e. The molecular weight excluding hydrogens is 407 g/mol. The molecule has 3 aromatic rings. The summed E-state index contributed by atoms with van der Waals surface area (Å²) in [4.78, 5) is 24.3. The first kappa shape index (κ1) is 18.4. The number of amides is 2. The molecule has 1 saturated heterocycles. The van der Waals surface area contributed by atoms with E-state index in [0.29, 0.717) is 15.7 Å². The molecule has 29 heavy (non-hydrogen) atoms. The van der Waals surface area contributed by atoms with Crippen LogP contribution in [0.3, 0.4) is 0 Å². The molecule has 2 aromatic carbocycles. The number of anilines is 1. The van der Waals surface area contributed by atoms with Crippen LogP contribution in [0.15, 0.2) is 54.7 Å². The van der Waals surface area contributed by atoms with Crippen molar-refractivity contribution >= 4 is 34.9 Å². The third kappa shape index (κ3) is 3.34. The summed E-state index contributed by atoms with van der Waals surface area (Å²) in [6.45, 7) is 0. The Kier molecular flexibility index (Phi) is 4.64. The number of nitrogens with one attached hydrogen (secondary N) is 1. The lowest BCUT2D eigenvalue weighted by molar-refractivity contribution is 0.178. The van der Waals surface area contributed by atoms with Gasteiger partial charge in [-0.1, -0.05) is 53.5 Å². The second-order valence-electron chi connectivity index (χ2n) is 7.38. The van der Waals surface area contributed by atoms with E-state index >= 15 is 0 Å². The third-order valence-corrected chi connectivity index (χ3v) is 6.37. The number of carbonyl (C=O) groups excluding carboxylic acids is 1. The summed E-state index contributed by atoms with van der Waals surface area (Å²) in [7, 11) is 0. The first-order chi connectivity index (χ1) is 14.1. The van der Waals surface area contributed by atoms with Gasteiger partial charge in [-0.3, -0.25) is 0 Å². The zero-order valence-corrected chi connectivity index (χ0v) is 17.0. The van der Waals surface area contributed by atoms with E-state index in [1.165, 1.54) is 0 Å². The van der Waals surface area contributed by atoms with E-state index in [9.17, 15) is 4.79 Å². The van der Waals surface area contributed by atoms with Crippen molar-refractivity contribution in [2.24, 2.45) is 0 Å². The van der Waals surface area contributed by atoms with Crippen LogP contribution in [0, 0.1) is 0 Å². The fraction of sp³-hybridized carbons (Fsp3) is 0.227. The van der Waals surface area contributed by atoms with Gasteiger partial charge in [0.2, 0.25) is 0 Å². The summed E-state index contributed by atoms with van der Waals surface area (Å²) < 4.78 is 0. The van der Waals surface area contributed by atoms with E-state index in [1.807, 2.05) is 41.4 Å². The monoisotopic (exact) mass is 424 g/mol. The number of carbonyl (C=O) groups is 1. The zero-order valence-electron chi connectivity index (χ0n) is 15.5. The predicted molar refractivity (Wildman–Crippen MR) is 114 cm³/mol. The number of rotatable bonds is 2. The normalized spacial score (nSPS) is 19.7. The van der Waals surface area contributed by atoms with Crippen molar-refractivity contribution in [1.82, 2.24) is 14.9 Å². The van der Waals surface area contributed by atoms with Crippen molar-refractivity contribution in [2.75, 3.05) is 5.32 Å². The molecule has 2 atom stereocenters. The molecule has 146 valence electrons. The fourth-order valence-electron chi connectivity index (χ4n) is 4.28. The molecule has 5 rings (SSSR count). The summed E-state index contributed by atoms with van der Waals surface area (Å²) in [5.74, 6) is 0.734. The second-order valence-corrected chi connectivity index (χ2v) is 8.19. The highest BCUT2D eigenvalue weighted by molar-refractivity contribution is 6.42. The first-order valence-electron chi connectivity index (χ1n) is 9.56. The highest BCUT2D eigenvalue weighted by atomic mass is 35.5. The fourth-order valence-corrected chi connectivity index (χ4v) is 4.57. The summed E-state index contributed by atoms with van der Waals surface area (Å²) in [6, 6.07) is 15.1. The number of urea groups is 1. The minimum Gasteiger partial charge on any atom is -0.314 e. The second kappa shape index (κ2) is 7.32. The lowest BCUT2D eigenvalue weighted by Gasteiger charge is -2.35. The van der Waals surface area contributed by atoms with Crippen molar-refractivity contribution in [1.29, 1.82) is 0 Å². The number of halogens is 2. The molecule has 1 aromatic heterocycles. The van der Waals surface area contributed by atoms with E-state index in [4.69, 9.17) is 28.2 Å².